The second-order valence-electron chi connectivity index (χ2n) is 6.11. The maximum Gasteiger partial charge on any atom is 0.250 e. The summed E-state index contributed by atoms with van der Waals surface area (Å²) in [5.74, 6) is 0.460. The monoisotopic (exact) mass is 420 g/mol. The van der Waals surface area contributed by atoms with Gasteiger partial charge in [-0.15, -0.1) is 10.2 Å². The highest BCUT2D eigenvalue weighted by atomic mass is 32.1. The lowest BCUT2D eigenvalue weighted by Crippen LogP contribution is -2.32. The van der Waals surface area contributed by atoms with Crippen LogP contribution in [0.4, 0.5) is 5.69 Å². The predicted molar refractivity (Wildman–Crippen MR) is 119 cm³/mol. The number of nitrogens with zero attached hydrogens (tertiary/aromatic N) is 4. The summed E-state index contributed by atoms with van der Waals surface area (Å²) >= 11 is 6.68. The van der Waals surface area contributed by atoms with Crippen molar-refractivity contribution in [1.82, 2.24) is 25.1 Å². The number of hydrogen-bond donors (Lipinski definition) is 2. The van der Waals surface area contributed by atoms with Gasteiger partial charge in [0, 0.05) is 17.3 Å². The third kappa shape index (κ3) is 4.53. The minimum absolute atomic E-state index is 0.231. The molecule has 2 heterocycles. The lowest BCUT2D eigenvalue weighted by Gasteiger charge is -2.08. The van der Waals surface area contributed by atoms with Crippen molar-refractivity contribution in [3.8, 4) is 10.6 Å². The molecular weight excluding hydrogens is 404 g/mol. The Balaban J connectivity index is 1.36. The highest BCUT2D eigenvalue weighted by Crippen LogP contribution is 2.26. The van der Waals surface area contributed by atoms with Gasteiger partial charge in [-0.05, 0) is 55.0 Å². The number of carbonyl (C=O) groups is 1. The average molecular weight is 421 g/mol. The number of anilines is 1. The van der Waals surface area contributed by atoms with E-state index in [1.54, 1.807) is 10.6 Å². The maximum atomic E-state index is 12.0. The van der Waals surface area contributed by atoms with Crippen molar-refractivity contribution >= 4 is 51.3 Å². The van der Waals surface area contributed by atoms with Crippen LogP contribution in [-0.4, -0.2) is 30.8 Å². The van der Waals surface area contributed by atoms with Crippen molar-refractivity contribution in [1.29, 1.82) is 0 Å². The van der Waals surface area contributed by atoms with Crippen LogP contribution in [0.25, 0.3) is 21.6 Å². The van der Waals surface area contributed by atoms with Crippen LogP contribution in [-0.2, 0) is 4.79 Å². The largest absolute Gasteiger partial charge is 0.332 e. The molecule has 2 aromatic carbocycles. The van der Waals surface area contributed by atoms with E-state index in [1.165, 1.54) is 17.4 Å². The zero-order valence-corrected chi connectivity index (χ0v) is 17.0. The molecule has 4 rings (SSSR count). The molecule has 2 aromatic heterocycles. The first-order valence-electron chi connectivity index (χ1n) is 8.73. The van der Waals surface area contributed by atoms with Crippen LogP contribution in [0, 0.1) is 6.92 Å². The van der Waals surface area contributed by atoms with Crippen molar-refractivity contribution in [2.24, 2.45) is 0 Å². The minimum Gasteiger partial charge on any atom is -0.332 e. The van der Waals surface area contributed by atoms with Gasteiger partial charge in [0.05, 0.1) is 0 Å². The number of fused-ring (bicyclic) bond motifs is 1. The molecule has 0 radical (unpaired) electrons. The van der Waals surface area contributed by atoms with Crippen molar-refractivity contribution in [3.05, 3.63) is 72.1 Å². The van der Waals surface area contributed by atoms with Gasteiger partial charge in [-0.2, -0.15) is 9.61 Å². The quantitative estimate of drug-likeness (QED) is 0.387. The van der Waals surface area contributed by atoms with Gasteiger partial charge >= 0.3 is 0 Å². The number of aryl methyl sites for hydroxylation is 1. The van der Waals surface area contributed by atoms with Crippen LogP contribution >= 0.6 is 23.6 Å². The fourth-order valence-corrected chi connectivity index (χ4v) is 3.69. The molecule has 4 aromatic rings. The number of rotatable bonds is 4. The first-order valence-corrected chi connectivity index (χ1v) is 9.95. The second-order valence-corrected chi connectivity index (χ2v) is 7.48. The van der Waals surface area contributed by atoms with Crippen LogP contribution in [0.3, 0.4) is 0 Å². The third-order valence-electron chi connectivity index (χ3n) is 4.00. The summed E-state index contributed by atoms with van der Waals surface area (Å²) in [7, 11) is 0. The first-order chi connectivity index (χ1) is 14.1. The fourth-order valence-electron chi connectivity index (χ4n) is 2.58. The molecule has 0 bridgehead atoms. The van der Waals surface area contributed by atoms with Crippen LogP contribution in [0.2, 0.25) is 0 Å². The van der Waals surface area contributed by atoms with E-state index in [0.29, 0.717) is 0 Å². The molecule has 29 heavy (non-hydrogen) atoms. The third-order valence-corrected chi connectivity index (χ3v) is 5.15. The van der Waals surface area contributed by atoms with E-state index in [1.807, 2.05) is 61.5 Å². The molecule has 0 aliphatic heterocycles. The average Bonchev–Trinajstić information content (AvgIpc) is 3.30. The number of benzene rings is 2. The van der Waals surface area contributed by atoms with Gasteiger partial charge < -0.3 is 5.32 Å². The lowest BCUT2D eigenvalue weighted by molar-refractivity contribution is -0.115. The summed E-state index contributed by atoms with van der Waals surface area (Å²) in [5, 5.41) is 19.3. The summed E-state index contributed by atoms with van der Waals surface area (Å²) in [6.07, 6.45) is 3.18. The summed E-state index contributed by atoms with van der Waals surface area (Å²) in [6.45, 7) is 1.86. The van der Waals surface area contributed by atoms with Crippen molar-refractivity contribution in [2.45, 2.75) is 6.92 Å². The summed E-state index contributed by atoms with van der Waals surface area (Å²) in [4.78, 5) is 12.8. The van der Waals surface area contributed by atoms with Gasteiger partial charge in [0.2, 0.25) is 10.9 Å². The molecule has 0 spiro atoms. The van der Waals surface area contributed by atoms with Crippen LogP contribution in [0.1, 0.15) is 11.4 Å². The summed E-state index contributed by atoms with van der Waals surface area (Å²) in [5.41, 5.74) is 2.68. The molecule has 0 fully saturated rings. The molecule has 0 aliphatic rings. The van der Waals surface area contributed by atoms with Crippen molar-refractivity contribution in [3.63, 3.8) is 0 Å². The number of hydrogen-bond acceptors (Lipinski definition) is 6. The summed E-state index contributed by atoms with van der Waals surface area (Å²) in [6, 6.07) is 17.2. The van der Waals surface area contributed by atoms with E-state index in [4.69, 9.17) is 12.2 Å². The molecule has 9 heteroatoms. The van der Waals surface area contributed by atoms with E-state index in [9.17, 15) is 4.79 Å². The molecule has 0 aliphatic carbocycles. The highest BCUT2D eigenvalue weighted by Gasteiger charge is 2.10. The smallest absolute Gasteiger partial charge is 0.250 e. The van der Waals surface area contributed by atoms with E-state index in [0.717, 1.165) is 32.6 Å². The van der Waals surface area contributed by atoms with Gasteiger partial charge in [-0.3, -0.25) is 10.1 Å². The fraction of sp³-hybridized carbons (Fsp3) is 0.0500. The molecule has 1 amide bonds. The molecule has 0 atom stereocenters. The molecule has 0 saturated heterocycles. The van der Waals surface area contributed by atoms with Crippen molar-refractivity contribution < 1.29 is 4.79 Å². The number of thiocarbonyl (C=S) groups is 1. The molecule has 0 saturated carbocycles. The van der Waals surface area contributed by atoms with Gasteiger partial charge in [-0.1, -0.05) is 41.7 Å². The number of carbonyl (C=O) groups excluding carboxylic acids is 1. The van der Waals surface area contributed by atoms with E-state index < -0.39 is 0 Å². The van der Waals surface area contributed by atoms with Gasteiger partial charge in [0.1, 0.15) is 5.01 Å². The minimum atomic E-state index is -0.293. The van der Waals surface area contributed by atoms with Gasteiger partial charge in [-0.25, -0.2) is 0 Å². The molecular formula is C20H16N6OS2. The molecule has 0 unspecified atom stereocenters. The second kappa shape index (κ2) is 8.29. The maximum absolute atomic E-state index is 12.0. The van der Waals surface area contributed by atoms with Crippen LogP contribution < -0.4 is 10.6 Å². The first kappa shape index (κ1) is 18.9. The topological polar surface area (TPSA) is 84.2 Å². The Hall–Kier alpha value is -3.43. The Morgan fingerprint density at radius 2 is 1.86 bits per heavy atom. The van der Waals surface area contributed by atoms with E-state index in [2.05, 4.69) is 25.9 Å². The van der Waals surface area contributed by atoms with Crippen molar-refractivity contribution in [2.75, 3.05) is 5.32 Å². The van der Waals surface area contributed by atoms with Crippen LogP contribution in [0.5, 0.6) is 0 Å². The van der Waals surface area contributed by atoms with Gasteiger partial charge in [0.25, 0.3) is 0 Å². The predicted octanol–water partition coefficient (Wildman–Crippen LogP) is 3.69. The Bertz CT molecular complexity index is 1190. The zero-order valence-electron chi connectivity index (χ0n) is 15.4. The Labute approximate surface area is 176 Å². The molecule has 2 N–H and O–H groups in total. The van der Waals surface area contributed by atoms with E-state index >= 15 is 0 Å². The lowest BCUT2D eigenvalue weighted by atomic mass is 10.2. The SMILES string of the molecule is Cc1nnc2sc(-c3ccc(NC(=S)NC(=O)C=Cc4ccccc4)cc3)nn12. The zero-order chi connectivity index (χ0) is 20.2. The molecule has 144 valence electrons. The van der Waals surface area contributed by atoms with Crippen LogP contribution in [0.15, 0.2) is 60.7 Å². The Morgan fingerprint density at radius 3 is 2.59 bits per heavy atom. The van der Waals surface area contributed by atoms with Gasteiger partial charge in [0.15, 0.2) is 10.9 Å². The van der Waals surface area contributed by atoms with E-state index in [-0.39, 0.29) is 11.0 Å². The number of nitrogens with one attached hydrogen (secondary N) is 2. The Kier molecular flexibility index (Phi) is 5.41. The standard InChI is InChI=1S/C20H16N6OS2/c1-13-23-24-20-26(13)25-18(29-20)15-8-10-16(11-9-15)21-19(28)22-17(27)12-7-14-5-3-2-4-6-14/h2-12H,1H3,(H2,21,22,27,28). The number of amides is 1. The highest BCUT2D eigenvalue weighted by molar-refractivity contribution is 7.80. The Morgan fingerprint density at radius 1 is 1.10 bits per heavy atom. The molecule has 7 nitrogen and oxygen atoms in total. The summed E-state index contributed by atoms with van der Waals surface area (Å²) < 4.78 is 1.72. The normalized spacial score (nSPS) is 11.1. The number of aromatic nitrogens is 4.